The average Bonchev–Trinajstić information content (AvgIpc) is 3.41. The van der Waals surface area contributed by atoms with Crippen LogP contribution in [0.3, 0.4) is 0 Å². The van der Waals surface area contributed by atoms with Crippen molar-refractivity contribution >= 4 is 17.2 Å². The average molecular weight is 411 g/mol. The largest absolute Gasteiger partial charge is 0.356 e. The quantitative estimate of drug-likeness (QED) is 0.614. The fourth-order valence-corrected chi connectivity index (χ4v) is 4.98. The maximum absolute atomic E-state index is 12.7. The Balaban J connectivity index is 1.29. The van der Waals surface area contributed by atoms with Gasteiger partial charge in [-0.3, -0.25) is 4.79 Å². The van der Waals surface area contributed by atoms with Gasteiger partial charge < -0.3 is 5.32 Å². The Morgan fingerprint density at radius 2 is 2.00 bits per heavy atom. The molecule has 1 N–H and O–H groups in total. The second-order valence-corrected chi connectivity index (χ2v) is 8.78. The van der Waals surface area contributed by atoms with Gasteiger partial charge in [-0.1, -0.05) is 49.6 Å². The zero-order valence-electron chi connectivity index (χ0n) is 16.5. The van der Waals surface area contributed by atoms with Gasteiger partial charge in [0, 0.05) is 30.3 Å². The summed E-state index contributed by atoms with van der Waals surface area (Å²) in [5.74, 6) is 0.111. The highest BCUT2D eigenvalue weighted by molar-refractivity contribution is 7.09. The zero-order chi connectivity index (χ0) is 19.9. The molecule has 2 heterocycles. The molecule has 1 fully saturated rings. The molecule has 1 aliphatic carbocycles. The van der Waals surface area contributed by atoms with Crippen molar-refractivity contribution < 1.29 is 4.79 Å². The molecular weight excluding hydrogens is 384 g/mol. The Labute approximate surface area is 174 Å². The summed E-state index contributed by atoms with van der Waals surface area (Å²) in [5, 5.41) is 17.7. The van der Waals surface area contributed by atoms with Crippen LogP contribution in [-0.2, 0) is 17.8 Å². The van der Waals surface area contributed by atoms with Gasteiger partial charge in [0.2, 0.25) is 5.91 Å². The minimum absolute atomic E-state index is 0.0423. The first-order valence-corrected chi connectivity index (χ1v) is 11.1. The standard InChI is InChI=1S/C21H26N6OS/c28-19(13-21(10-5-2-6-11-21)15-27-16-23-25-26-27)22-12-9-20-24-18(14-29-20)17-7-3-1-4-8-17/h1,3-4,7-8,14,16H,2,5-6,9-13,15H2,(H,22,28). The molecule has 1 aromatic carbocycles. The highest BCUT2D eigenvalue weighted by Crippen LogP contribution is 2.40. The van der Waals surface area contributed by atoms with Crippen LogP contribution < -0.4 is 5.32 Å². The van der Waals surface area contributed by atoms with Crippen molar-refractivity contribution in [3.8, 4) is 11.3 Å². The van der Waals surface area contributed by atoms with E-state index in [-0.39, 0.29) is 11.3 Å². The summed E-state index contributed by atoms with van der Waals surface area (Å²) >= 11 is 1.65. The van der Waals surface area contributed by atoms with Crippen molar-refractivity contribution in [2.75, 3.05) is 6.54 Å². The van der Waals surface area contributed by atoms with Gasteiger partial charge in [0.1, 0.15) is 6.33 Å². The molecule has 2 aromatic heterocycles. The molecule has 4 rings (SSSR count). The first-order valence-electron chi connectivity index (χ1n) is 10.2. The maximum Gasteiger partial charge on any atom is 0.220 e. The second-order valence-electron chi connectivity index (χ2n) is 7.84. The van der Waals surface area contributed by atoms with Crippen LogP contribution in [0.5, 0.6) is 0 Å². The fourth-order valence-electron chi connectivity index (χ4n) is 4.17. The van der Waals surface area contributed by atoms with Gasteiger partial charge in [0.05, 0.1) is 17.2 Å². The van der Waals surface area contributed by atoms with Crippen LogP contribution in [0, 0.1) is 5.41 Å². The van der Waals surface area contributed by atoms with Gasteiger partial charge in [-0.2, -0.15) is 0 Å². The first-order chi connectivity index (χ1) is 14.2. The lowest BCUT2D eigenvalue weighted by molar-refractivity contribution is -0.124. The van der Waals surface area contributed by atoms with Gasteiger partial charge in [0.25, 0.3) is 0 Å². The Morgan fingerprint density at radius 3 is 2.76 bits per heavy atom. The maximum atomic E-state index is 12.7. The zero-order valence-corrected chi connectivity index (χ0v) is 17.3. The number of carbonyl (C=O) groups is 1. The summed E-state index contributed by atoms with van der Waals surface area (Å²) in [7, 11) is 0. The summed E-state index contributed by atoms with van der Waals surface area (Å²) < 4.78 is 1.76. The molecule has 0 saturated heterocycles. The predicted molar refractivity (Wildman–Crippen MR) is 112 cm³/mol. The molecule has 152 valence electrons. The van der Waals surface area contributed by atoms with E-state index in [1.54, 1.807) is 22.3 Å². The topological polar surface area (TPSA) is 85.6 Å². The van der Waals surface area contributed by atoms with Crippen LogP contribution in [0.15, 0.2) is 42.0 Å². The predicted octanol–water partition coefficient (Wildman–Crippen LogP) is 3.50. The van der Waals surface area contributed by atoms with E-state index in [4.69, 9.17) is 4.98 Å². The smallest absolute Gasteiger partial charge is 0.220 e. The van der Waals surface area contributed by atoms with E-state index in [1.165, 1.54) is 6.42 Å². The third-order valence-corrected chi connectivity index (χ3v) is 6.53. The van der Waals surface area contributed by atoms with E-state index in [1.807, 2.05) is 18.2 Å². The van der Waals surface area contributed by atoms with Crippen LogP contribution in [0.25, 0.3) is 11.3 Å². The Bertz CT molecular complexity index is 902. The van der Waals surface area contributed by atoms with E-state index in [0.717, 1.165) is 48.4 Å². The third kappa shape index (κ3) is 5.26. The summed E-state index contributed by atoms with van der Waals surface area (Å²) in [5.41, 5.74) is 2.08. The number of benzene rings is 1. The van der Waals surface area contributed by atoms with Gasteiger partial charge in [0.15, 0.2) is 0 Å². The molecule has 8 heteroatoms. The van der Waals surface area contributed by atoms with Gasteiger partial charge in [-0.05, 0) is 28.7 Å². The summed E-state index contributed by atoms with van der Waals surface area (Å²) in [6.45, 7) is 1.32. The van der Waals surface area contributed by atoms with Crippen LogP contribution >= 0.6 is 11.3 Å². The molecule has 0 aliphatic heterocycles. The number of carbonyl (C=O) groups excluding carboxylic acids is 1. The van der Waals surface area contributed by atoms with Crippen LogP contribution in [-0.4, -0.2) is 37.6 Å². The van der Waals surface area contributed by atoms with E-state index in [2.05, 4.69) is 38.4 Å². The number of hydrogen-bond acceptors (Lipinski definition) is 6. The van der Waals surface area contributed by atoms with Crippen molar-refractivity contribution in [3.05, 3.63) is 47.0 Å². The third-order valence-electron chi connectivity index (χ3n) is 5.62. The molecule has 0 atom stereocenters. The Kier molecular flexibility index (Phi) is 6.29. The van der Waals surface area contributed by atoms with E-state index < -0.39 is 0 Å². The summed E-state index contributed by atoms with van der Waals surface area (Å²) in [6, 6.07) is 10.2. The molecular formula is C21H26N6OS. The molecule has 0 radical (unpaired) electrons. The second kappa shape index (κ2) is 9.26. The van der Waals surface area contributed by atoms with Crippen molar-refractivity contribution in [1.82, 2.24) is 30.5 Å². The molecule has 3 aromatic rings. The lowest BCUT2D eigenvalue weighted by atomic mass is 9.71. The molecule has 29 heavy (non-hydrogen) atoms. The van der Waals surface area contributed by atoms with Crippen molar-refractivity contribution in [2.45, 2.75) is 51.5 Å². The van der Waals surface area contributed by atoms with E-state index >= 15 is 0 Å². The number of thiazole rings is 1. The molecule has 0 spiro atoms. The number of nitrogens with one attached hydrogen (secondary N) is 1. The SMILES string of the molecule is O=C(CC1(Cn2cnnn2)CCCCC1)NCCc1nc(-c2ccccc2)cs1. The van der Waals surface area contributed by atoms with Crippen molar-refractivity contribution in [2.24, 2.45) is 5.41 Å². The number of aromatic nitrogens is 5. The van der Waals surface area contributed by atoms with Gasteiger partial charge in [-0.15, -0.1) is 16.4 Å². The Hall–Kier alpha value is -2.61. The normalized spacial score (nSPS) is 15.9. The lowest BCUT2D eigenvalue weighted by Crippen LogP contribution is -2.37. The fraction of sp³-hybridized carbons (Fsp3) is 0.476. The summed E-state index contributed by atoms with van der Waals surface area (Å²) in [6.07, 6.45) is 8.59. The van der Waals surface area contributed by atoms with Crippen LogP contribution in [0.2, 0.25) is 0 Å². The number of amides is 1. The van der Waals surface area contributed by atoms with Crippen LogP contribution in [0.4, 0.5) is 0 Å². The molecule has 7 nitrogen and oxygen atoms in total. The van der Waals surface area contributed by atoms with E-state index in [0.29, 0.717) is 19.5 Å². The first kappa shape index (κ1) is 19.7. The van der Waals surface area contributed by atoms with E-state index in [9.17, 15) is 4.79 Å². The molecule has 1 aliphatic rings. The highest BCUT2D eigenvalue weighted by atomic mass is 32.1. The molecule has 0 bridgehead atoms. The lowest BCUT2D eigenvalue weighted by Gasteiger charge is -2.36. The van der Waals surface area contributed by atoms with Gasteiger partial charge >= 0.3 is 0 Å². The van der Waals surface area contributed by atoms with Gasteiger partial charge in [-0.25, -0.2) is 9.67 Å². The molecule has 1 amide bonds. The Morgan fingerprint density at radius 1 is 1.17 bits per heavy atom. The highest BCUT2D eigenvalue weighted by Gasteiger charge is 2.35. The minimum atomic E-state index is -0.0423. The summed E-state index contributed by atoms with van der Waals surface area (Å²) in [4.78, 5) is 17.4. The molecule has 0 unspecified atom stereocenters. The number of rotatable bonds is 8. The van der Waals surface area contributed by atoms with Crippen molar-refractivity contribution in [1.29, 1.82) is 0 Å². The van der Waals surface area contributed by atoms with Crippen molar-refractivity contribution in [3.63, 3.8) is 0 Å². The van der Waals surface area contributed by atoms with Crippen LogP contribution in [0.1, 0.15) is 43.5 Å². The number of hydrogen-bond donors (Lipinski definition) is 1. The monoisotopic (exact) mass is 410 g/mol. The number of nitrogens with zero attached hydrogens (tertiary/aromatic N) is 5. The minimum Gasteiger partial charge on any atom is -0.356 e. The molecule has 1 saturated carbocycles. The number of tetrazole rings is 1.